The fraction of sp³-hybridized carbons (Fsp3) is 0.667. The molecule has 17 heavy (non-hydrogen) atoms. The molecule has 1 aromatic rings. The molecule has 0 amide bonds. The lowest BCUT2D eigenvalue weighted by Gasteiger charge is -2.15. The van der Waals surface area contributed by atoms with Crippen molar-refractivity contribution in [1.29, 1.82) is 0 Å². The molecular formula is C12H20N2O2S. The summed E-state index contributed by atoms with van der Waals surface area (Å²) in [6.45, 7) is 8.53. The molecular weight excluding hydrogens is 236 g/mol. The van der Waals surface area contributed by atoms with E-state index in [1.165, 1.54) is 11.3 Å². The predicted molar refractivity (Wildman–Crippen MR) is 70.7 cm³/mol. The Kier molecular flexibility index (Phi) is 4.51. The van der Waals surface area contributed by atoms with Crippen LogP contribution in [0.2, 0.25) is 0 Å². The molecule has 1 heterocycles. The normalized spacial score (nSPS) is 13.4. The van der Waals surface area contributed by atoms with Gasteiger partial charge in [-0.25, -0.2) is 4.98 Å². The van der Waals surface area contributed by atoms with E-state index in [0.717, 1.165) is 18.1 Å². The highest BCUT2D eigenvalue weighted by Crippen LogP contribution is 2.27. The first-order valence-corrected chi connectivity index (χ1v) is 6.69. The molecule has 1 rings (SSSR count). The molecule has 0 saturated carbocycles. The van der Waals surface area contributed by atoms with Crippen LogP contribution in [0.4, 0.5) is 5.13 Å². The number of carbonyl (C=O) groups is 1. The summed E-state index contributed by atoms with van der Waals surface area (Å²) in [6, 6.07) is 0. The Morgan fingerprint density at radius 3 is 2.82 bits per heavy atom. The lowest BCUT2D eigenvalue weighted by atomic mass is 9.90. The van der Waals surface area contributed by atoms with Crippen molar-refractivity contribution in [2.75, 3.05) is 11.9 Å². The van der Waals surface area contributed by atoms with Crippen LogP contribution < -0.4 is 5.32 Å². The van der Waals surface area contributed by atoms with Crippen LogP contribution in [0.25, 0.3) is 0 Å². The van der Waals surface area contributed by atoms with Gasteiger partial charge in [-0.1, -0.05) is 20.3 Å². The van der Waals surface area contributed by atoms with Crippen LogP contribution in [0.5, 0.6) is 0 Å². The Morgan fingerprint density at radius 1 is 1.65 bits per heavy atom. The van der Waals surface area contributed by atoms with Gasteiger partial charge in [0.2, 0.25) is 0 Å². The van der Waals surface area contributed by atoms with Gasteiger partial charge in [0.15, 0.2) is 5.13 Å². The second-order valence-corrected chi connectivity index (χ2v) is 5.72. The van der Waals surface area contributed by atoms with E-state index in [1.807, 2.05) is 5.38 Å². The molecule has 0 aliphatic carbocycles. The summed E-state index contributed by atoms with van der Waals surface area (Å²) in [5.41, 5.74) is -0.311. The van der Waals surface area contributed by atoms with Crippen LogP contribution in [0, 0.1) is 5.92 Å². The molecule has 2 N–H and O–H groups in total. The second kappa shape index (κ2) is 5.49. The van der Waals surface area contributed by atoms with Crippen LogP contribution in [0.3, 0.4) is 0 Å². The summed E-state index contributed by atoms with van der Waals surface area (Å²) in [6.07, 6.45) is 1.12. The summed E-state index contributed by atoms with van der Waals surface area (Å²) >= 11 is 1.46. The molecule has 96 valence electrons. The molecule has 1 aromatic heterocycles. The zero-order valence-electron chi connectivity index (χ0n) is 10.8. The van der Waals surface area contributed by atoms with Gasteiger partial charge in [-0.2, -0.15) is 0 Å². The third-order valence-electron chi connectivity index (χ3n) is 2.98. The topological polar surface area (TPSA) is 62.2 Å². The molecule has 0 bridgehead atoms. The first kappa shape index (κ1) is 14.0. The van der Waals surface area contributed by atoms with Crippen LogP contribution in [-0.2, 0) is 10.2 Å². The minimum atomic E-state index is -0.924. The van der Waals surface area contributed by atoms with Crippen LogP contribution >= 0.6 is 11.3 Å². The predicted octanol–water partition coefficient (Wildman–Crippen LogP) is 2.96. The highest BCUT2D eigenvalue weighted by Gasteiger charge is 2.32. The van der Waals surface area contributed by atoms with Gasteiger partial charge in [0, 0.05) is 11.9 Å². The third kappa shape index (κ3) is 3.43. The van der Waals surface area contributed by atoms with Gasteiger partial charge < -0.3 is 10.4 Å². The molecule has 0 radical (unpaired) electrons. The molecule has 0 aromatic carbocycles. The van der Waals surface area contributed by atoms with Crippen molar-refractivity contribution in [3.63, 3.8) is 0 Å². The maximum absolute atomic E-state index is 11.1. The average Bonchev–Trinajstić information content (AvgIpc) is 2.74. The maximum atomic E-state index is 11.1. The fourth-order valence-electron chi connectivity index (χ4n) is 1.16. The summed E-state index contributed by atoms with van der Waals surface area (Å²) in [7, 11) is 0. The largest absolute Gasteiger partial charge is 0.481 e. The minimum absolute atomic E-state index is 0.592. The Labute approximate surface area is 106 Å². The summed E-state index contributed by atoms with van der Waals surface area (Å²) in [5.74, 6) is -0.258. The van der Waals surface area contributed by atoms with E-state index in [0.29, 0.717) is 11.6 Å². The van der Waals surface area contributed by atoms with Gasteiger partial charge in [0.05, 0.1) is 5.69 Å². The van der Waals surface area contributed by atoms with E-state index in [9.17, 15) is 4.79 Å². The summed E-state index contributed by atoms with van der Waals surface area (Å²) in [4.78, 5) is 15.4. The molecule has 0 aliphatic rings. The number of carboxylic acids is 1. The average molecular weight is 256 g/mol. The first-order valence-electron chi connectivity index (χ1n) is 5.81. The number of hydrogen-bond donors (Lipinski definition) is 2. The van der Waals surface area contributed by atoms with Crippen molar-refractivity contribution in [3.8, 4) is 0 Å². The highest BCUT2D eigenvalue weighted by atomic mass is 32.1. The van der Waals surface area contributed by atoms with Crippen LogP contribution in [-0.4, -0.2) is 22.6 Å². The number of aromatic nitrogens is 1. The molecule has 0 fully saturated rings. The molecule has 4 nitrogen and oxygen atoms in total. The number of anilines is 1. The van der Waals surface area contributed by atoms with Gasteiger partial charge in [0.1, 0.15) is 5.41 Å². The zero-order valence-corrected chi connectivity index (χ0v) is 11.6. The second-order valence-electron chi connectivity index (χ2n) is 4.86. The number of nitrogens with one attached hydrogen (secondary N) is 1. The number of hydrogen-bond acceptors (Lipinski definition) is 4. The van der Waals surface area contributed by atoms with Gasteiger partial charge >= 0.3 is 5.97 Å². The Hall–Kier alpha value is -1.10. The lowest BCUT2D eigenvalue weighted by molar-refractivity contribution is -0.142. The van der Waals surface area contributed by atoms with Gasteiger partial charge in [0.25, 0.3) is 0 Å². The smallest absolute Gasteiger partial charge is 0.315 e. The molecule has 0 spiro atoms. The maximum Gasteiger partial charge on any atom is 0.315 e. The number of carboxylic acid groups (broad SMARTS) is 1. The van der Waals surface area contributed by atoms with Crippen molar-refractivity contribution in [2.24, 2.45) is 5.92 Å². The molecule has 0 aliphatic heterocycles. The van der Waals surface area contributed by atoms with Crippen molar-refractivity contribution in [2.45, 2.75) is 39.5 Å². The Morgan fingerprint density at radius 2 is 2.29 bits per heavy atom. The van der Waals surface area contributed by atoms with Gasteiger partial charge in [-0.05, 0) is 19.8 Å². The number of thiazole rings is 1. The van der Waals surface area contributed by atoms with Gasteiger partial charge in [-0.15, -0.1) is 11.3 Å². The first-order chi connectivity index (χ1) is 7.87. The van der Waals surface area contributed by atoms with Crippen molar-refractivity contribution in [1.82, 2.24) is 4.98 Å². The standard InChI is InChI=1S/C12H20N2O2S/c1-5-8(2)6-13-11-14-9(7-17-11)12(3,4)10(15)16/h7-8H,5-6H2,1-4H3,(H,13,14)(H,15,16). The van der Waals surface area contributed by atoms with E-state index in [2.05, 4.69) is 24.1 Å². The van der Waals surface area contributed by atoms with Crippen LogP contribution in [0.15, 0.2) is 5.38 Å². The van der Waals surface area contributed by atoms with Crippen molar-refractivity contribution < 1.29 is 9.90 Å². The van der Waals surface area contributed by atoms with E-state index in [-0.39, 0.29) is 0 Å². The fourth-order valence-corrected chi connectivity index (χ4v) is 2.05. The Bertz CT molecular complexity index is 388. The van der Waals surface area contributed by atoms with E-state index in [4.69, 9.17) is 5.11 Å². The van der Waals surface area contributed by atoms with E-state index >= 15 is 0 Å². The minimum Gasteiger partial charge on any atom is -0.481 e. The zero-order chi connectivity index (χ0) is 13.1. The lowest BCUT2D eigenvalue weighted by Crippen LogP contribution is -2.28. The molecule has 0 saturated heterocycles. The highest BCUT2D eigenvalue weighted by molar-refractivity contribution is 7.13. The third-order valence-corrected chi connectivity index (χ3v) is 3.78. The van der Waals surface area contributed by atoms with E-state index in [1.54, 1.807) is 13.8 Å². The summed E-state index contributed by atoms with van der Waals surface area (Å²) < 4.78 is 0. The quantitative estimate of drug-likeness (QED) is 0.821. The monoisotopic (exact) mass is 256 g/mol. The summed E-state index contributed by atoms with van der Waals surface area (Å²) in [5, 5.41) is 15.0. The number of nitrogens with zero attached hydrogens (tertiary/aromatic N) is 1. The van der Waals surface area contributed by atoms with Crippen LogP contribution in [0.1, 0.15) is 39.8 Å². The Balaban J connectivity index is 2.69. The molecule has 1 atom stereocenters. The van der Waals surface area contributed by atoms with Crippen molar-refractivity contribution in [3.05, 3.63) is 11.1 Å². The number of rotatable bonds is 6. The van der Waals surface area contributed by atoms with Crippen molar-refractivity contribution >= 4 is 22.4 Å². The van der Waals surface area contributed by atoms with E-state index < -0.39 is 11.4 Å². The molecule has 5 heteroatoms. The molecule has 1 unspecified atom stereocenters. The number of aliphatic carboxylic acids is 1. The SMILES string of the molecule is CCC(C)CNc1nc(C(C)(C)C(=O)O)cs1. The van der Waals surface area contributed by atoms with Gasteiger partial charge in [-0.3, -0.25) is 4.79 Å².